The van der Waals surface area contributed by atoms with Gasteiger partial charge in [-0.25, -0.2) is 13.2 Å². The highest BCUT2D eigenvalue weighted by Crippen LogP contribution is 2.25. The predicted molar refractivity (Wildman–Crippen MR) is 91.6 cm³/mol. The number of ether oxygens (including phenoxy) is 1. The molecule has 0 bridgehead atoms. The molecule has 7 heteroatoms. The van der Waals surface area contributed by atoms with Crippen LogP contribution < -0.4 is 10.6 Å². The minimum absolute atomic E-state index is 0.119. The van der Waals surface area contributed by atoms with Crippen molar-refractivity contribution >= 4 is 27.3 Å². The predicted octanol–water partition coefficient (Wildman–Crippen LogP) is 3.02. The van der Waals surface area contributed by atoms with E-state index in [0.29, 0.717) is 17.8 Å². The minimum atomic E-state index is -2.99. The molecule has 0 aromatic heterocycles. The van der Waals surface area contributed by atoms with E-state index in [4.69, 9.17) is 4.74 Å². The van der Waals surface area contributed by atoms with Crippen LogP contribution in [0.5, 0.6) is 0 Å². The lowest BCUT2D eigenvalue weighted by atomic mass is 10.1. The molecule has 0 aliphatic carbocycles. The molecule has 1 aromatic rings. The number of amides is 1. The number of rotatable bonds is 3. The quantitative estimate of drug-likeness (QED) is 0.883. The van der Waals surface area contributed by atoms with Gasteiger partial charge in [-0.2, -0.15) is 0 Å². The van der Waals surface area contributed by atoms with Crippen LogP contribution in [-0.2, 0) is 14.6 Å². The van der Waals surface area contributed by atoms with E-state index in [-0.39, 0.29) is 17.5 Å². The van der Waals surface area contributed by atoms with Crippen LogP contribution in [0.15, 0.2) is 24.3 Å². The summed E-state index contributed by atoms with van der Waals surface area (Å²) in [6.07, 6.45) is 0.907. The first kappa shape index (κ1) is 17.6. The fourth-order valence-electron chi connectivity index (χ4n) is 2.49. The van der Waals surface area contributed by atoms with Crippen LogP contribution >= 0.6 is 0 Å². The van der Waals surface area contributed by atoms with Crippen LogP contribution in [0.3, 0.4) is 0 Å². The monoisotopic (exact) mass is 340 g/mol. The summed E-state index contributed by atoms with van der Waals surface area (Å²) in [6.45, 7) is 5.39. The highest BCUT2D eigenvalue weighted by molar-refractivity contribution is 7.91. The second-order valence-corrected chi connectivity index (χ2v) is 9.00. The molecule has 23 heavy (non-hydrogen) atoms. The molecule has 1 aliphatic heterocycles. The Morgan fingerprint density at radius 3 is 2.48 bits per heavy atom. The first-order valence-corrected chi connectivity index (χ1v) is 9.53. The van der Waals surface area contributed by atoms with Crippen molar-refractivity contribution in [2.45, 2.75) is 45.3 Å². The van der Waals surface area contributed by atoms with Gasteiger partial charge in [-0.3, -0.25) is 5.32 Å². The highest BCUT2D eigenvalue weighted by Gasteiger charge is 2.25. The van der Waals surface area contributed by atoms with Crippen LogP contribution in [0.2, 0.25) is 0 Å². The van der Waals surface area contributed by atoms with E-state index >= 15 is 0 Å². The van der Waals surface area contributed by atoms with Crippen LogP contribution in [0.4, 0.5) is 16.2 Å². The third-order valence-corrected chi connectivity index (χ3v) is 5.21. The van der Waals surface area contributed by atoms with Crippen molar-refractivity contribution in [3.8, 4) is 0 Å². The second kappa shape index (κ2) is 6.78. The molecule has 1 fully saturated rings. The van der Waals surface area contributed by atoms with Crippen LogP contribution in [-0.4, -0.2) is 37.7 Å². The Balaban J connectivity index is 2.07. The number of para-hydroxylation sites is 2. The van der Waals surface area contributed by atoms with Gasteiger partial charge < -0.3 is 10.1 Å². The Hall–Kier alpha value is -1.76. The molecule has 1 unspecified atom stereocenters. The van der Waals surface area contributed by atoms with Gasteiger partial charge in [0.1, 0.15) is 5.60 Å². The second-order valence-electron chi connectivity index (χ2n) is 6.77. The van der Waals surface area contributed by atoms with Gasteiger partial charge in [0.25, 0.3) is 0 Å². The van der Waals surface area contributed by atoms with Gasteiger partial charge in [0.2, 0.25) is 0 Å². The van der Waals surface area contributed by atoms with Gasteiger partial charge in [-0.15, -0.1) is 0 Å². The summed E-state index contributed by atoms with van der Waals surface area (Å²) in [5, 5.41) is 5.93. The largest absolute Gasteiger partial charge is 0.444 e. The zero-order valence-corrected chi connectivity index (χ0v) is 14.6. The first-order valence-electron chi connectivity index (χ1n) is 7.71. The molecule has 0 radical (unpaired) electrons. The van der Waals surface area contributed by atoms with E-state index in [1.807, 2.05) is 12.1 Å². The van der Waals surface area contributed by atoms with Gasteiger partial charge >= 0.3 is 6.09 Å². The van der Waals surface area contributed by atoms with Gasteiger partial charge in [0.15, 0.2) is 9.84 Å². The number of carbonyl (C=O) groups excluding carboxylic acids is 1. The molecule has 0 saturated carbocycles. The Morgan fingerprint density at radius 1 is 1.22 bits per heavy atom. The third-order valence-electron chi connectivity index (χ3n) is 3.39. The molecule has 1 saturated heterocycles. The summed E-state index contributed by atoms with van der Waals surface area (Å²) in [6, 6.07) is 7.06. The first-order chi connectivity index (χ1) is 10.6. The van der Waals surface area contributed by atoms with E-state index in [0.717, 1.165) is 6.42 Å². The zero-order chi connectivity index (χ0) is 17.1. The lowest BCUT2D eigenvalue weighted by Crippen LogP contribution is -2.35. The molecule has 1 atom stereocenters. The molecular weight excluding hydrogens is 316 g/mol. The van der Waals surface area contributed by atoms with E-state index < -0.39 is 21.5 Å². The van der Waals surface area contributed by atoms with Gasteiger partial charge in [0, 0.05) is 6.04 Å². The van der Waals surface area contributed by atoms with Crippen molar-refractivity contribution in [3.05, 3.63) is 24.3 Å². The van der Waals surface area contributed by atoms with Crippen LogP contribution in [0, 0.1) is 0 Å². The van der Waals surface area contributed by atoms with E-state index in [2.05, 4.69) is 10.6 Å². The van der Waals surface area contributed by atoms with Crippen LogP contribution in [0.1, 0.15) is 33.6 Å². The van der Waals surface area contributed by atoms with Crippen molar-refractivity contribution in [1.82, 2.24) is 0 Å². The topological polar surface area (TPSA) is 84.5 Å². The SMILES string of the molecule is CC(C)(C)OC(=O)Nc1ccccc1NC1CCCS(=O)(=O)C1. The van der Waals surface area contributed by atoms with Crippen molar-refractivity contribution in [3.63, 3.8) is 0 Å². The molecule has 2 N–H and O–H groups in total. The maximum Gasteiger partial charge on any atom is 0.412 e. The molecular formula is C16H24N2O4S. The molecule has 128 valence electrons. The maximum absolute atomic E-state index is 11.9. The number of nitrogens with one attached hydrogen (secondary N) is 2. The zero-order valence-electron chi connectivity index (χ0n) is 13.8. The van der Waals surface area contributed by atoms with Crippen molar-refractivity contribution in [2.75, 3.05) is 22.1 Å². The number of carbonyl (C=O) groups is 1. The Bertz CT molecular complexity index is 665. The van der Waals surface area contributed by atoms with Gasteiger partial charge in [0.05, 0.1) is 22.9 Å². The van der Waals surface area contributed by atoms with E-state index in [9.17, 15) is 13.2 Å². The molecule has 1 amide bonds. The summed E-state index contributed by atoms with van der Waals surface area (Å²) < 4.78 is 28.7. The fraction of sp³-hybridized carbons (Fsp3) is 0.562. The number of sulfone groups is 1. The minimum Gasteiger partial charge on any atom is -0.444 e. The summed E-state index contributed by atoms with van der Waals surface area (Å²) in [7, 11) is -2.99. The summed E-state index contributed by atoms with van der Waals surface area (Å²) in [5.41, 5.74) is 0.689. The smallest absolute Gasteiger partial charge is 0.412 e. The lowest BCUT2D eigenvalue weighted by Gasteiger charge is -2.25. The lowest BCUT2D eigenvalue weighted by molar-refractivity contribution is 0.0636. The molecule has 2 rings (SSSR count). The van der Waals surface area contributed by atoms with Crippen molar-refractivity contribution in [1.29, 1.82) is 0 Å². The highest BCUT2D eigenvalue weighted by atomic mass is 32.2. The molecule has 6 nitrogen and oxygen atoms in total. The Morgan fingerprint density at radius 2 is 1.87 bits per heavy atom. The molecule has 1 heterocycles. The Kier molecular flexibility index (Phi) is 5.19. The van der Waals surface area contributed by atoms with Gasteiger partial charge in [-0.1, -0.05) is 12.1 Å². The molecule has 0 spiro atoms. The number of anilines is 2. The number of benzene rings is 1. The molecule has 1 aliphatic rings. The number of hydrogen-bond donors (Lipinski definition) is 2. The maximum atomic E-state index is 11.9. The van der Waals surface area contributed by atoms with E-state index in [1.165, 1.54) is 0 Å². The van der Waals surface area contributed by atoms with Crippen molar-refractivity contribution in [2.24, 2.45) is 0 Å². The van der Waals surface area contributed by atoms with E-state index in [1.54, 1.807) is 32.9 Å². The summed E-state index contributed by atoms with van der Waals surface area (Å²) >= 11 is 0. The van der Waals surface area contributed by atoms with Crippen LogP contribution in [0.25, 0.3) is 0 Å². The fourth-order valence-corrected chi connectivity index (χ4v) is 4.12. The summed E-state index contributed by atoms with van der Waals surface area (Å²) in [4.78, 5) is 11.9. The van der Waals surface area contributed by atoms with Crippen molar-refractivity contribution < 1.29 is 17.9 Å². The number of hydrogen-bond acceptors (Lipinski definition) is 5. The molecule has 1 aromatic carbocycles. The third kappa shape index (κ3) is 5.74. The average molecular weight is 340 g/mol. The normalized spacial score (nSPS) is 20.6. The summed E-state index contributed by atoms with van der Waals surface area (Å²) in [5.74, 6) is 0.372. The Labute approximate surface area is 137 Å². The van der Waals surface area contributed by atoms with Gasteiger partial charge in [-0.05, 0) is 45.7 Å². The average Bonchev–Trinajstić information content (AvgIpc) is 2.37. The standard InChI is InChI=1S/C16H24N2O4S/c1-16(2,3)22-15(19)18-14-9-5-4-8-13(14)17-12-7-6-10-23(20,21)11-12/h4-5,8-9,12,17H,6-7,10-11H2,1-3H3,(H,18,19).